The van der Waals surface area contributed by atoms with Gasteiger partial charge in [0.1, 0.15) is 27.4 Å². The molecule has 0 saturated carbocycles. The number of hydrogen-bond acceptors (Lipinski definition) is 5. The molecule has 6 nitrogen and oxygen atoms in total. The van der Waals surface area contributed by atoms with E-state index in [0.29, 0.717) is 33.9 Å². The molecule has 0 radical (unpaired) electrons. The van der Waals surface area contributed by atoms with Gasteiger partial charge in [-0.2, -0.15) is 0 Å². The summed E-state index contributed by atoms with van der Waals surface area (Å²) in [6, 6.07) is 0. The molecule has 0 saturated heterocycles. The van der Waals surface area contributed by atoms with Crippen molar-refractivity contribution in [2.75, 3.05) is 0 Å². The fourth-order valence-electron chi connectivity index (χ4n) is 1.80. The quantitative estimate of drug-likeness (QED) is 0.672. The van der Waals surface area contributed by atoms with Crippen molar-refractivity contribution < 1.29 is 9.90 Å². The number of rotatable bonds is 5. The molecule has 0 aliphatic rings. The van der Waals surface area contributed by atoms with Gasteiger partial charge in [-0.3, -0.25) is 0 Å². The predicted octanol–water partition coefficient (Wildman–Crippen LogP) is 2.72. The number of carboxylic acid groups (broad SMARTS) is 1. The molecule has 112 valence electrons. The molecule has 0 spiro atoms. The number of thioether (sulfide) groups is 1. The molecule has 2 aromatic rings. The SMILES string of the molecule is CCc1nc(C)c(C(=O)O)c(SCc2ncc(Cl)n2C)n1. The lowest BCUT2D eigenvalue weighted by molar-refractivity contribution is 0.0690. The third-order valence-corrected chi connectivity index (χ3v) is 4.32. The number of aryl methyl sites for hydroxylation is 2. The first kappa shape index (κ1) is 15.8. The van der Waals surface area contributed by atoms with Gasteiger partial charge in [0.05, 0.1) is 17.6 Å². The molecular formula is C13H15ClN4O2S. The van der Waals surface area contributed by atoms with E-state index in [4.69, 9.17) is 11.6 Å². The van der Waals surface area contributed by atoms with E-state index in [9.17, 15) is 9.90 Å². The van der Waals surface area contributed by atoms with Gasteiger partial charge >= 0.3 is 5.97 Å². The maximum absolute atomic E-state index is 11.4. The second kappa shape index (κ2) is 6.44. The smallest absolute Gasteiger partial charge is 0.340 e. The summed E-state index contributed by atoms with van der Waals surface area (Å²) in [5.41, 5.74) is 0.632. The molecule has 0 aliphatic heterocycles. The van der Waals surface area contributed by atoms with E-state index in [-0.39, 0.29) is 5.56 Å². The number of imidazole rings is 1. The number of hydrogen-bond donors (Lipinski definition) is 1. The lowest BCUT2D eigenvalue weighted by atomic mass is 10.2. The summed E-state index contributed by atoms with van der Waals surface area (Å²) in [6.45, 7) is 3.62. The Morgan fingerprint density at radius 2 is 2.19 bits per heavy atom. The summed E-state index contributed by atoms with van der Waals surface area (Å²) in [7, 11) is 1.81. The van der Waals surface area contributed by atoms with Crippen LogP contribution in [0.2, 0.25) is 5.15 Å². The second-order valence-electron chi connectivity index (χ2n) is 4.41. The topological polar surface area (TPSA) is 80.9 Å². The van der Waals surface area contributed by atoms with E-state index in [1.54, 1.807) is 17.7 Å². The van der Waals surface area contributed by atoms with Crippen LogP contribution in [0.5, 0.6) is 0 Å². The molecule has 0 bridgehead atoms. The predicted molar refractivity (Wildman–Crippen MR) is 80.9 cm³/mol. The van der Waals surface area contributed by atoms with E-state index < -0.39 is 5.97 Å². The minimum absolute atomic E-state index is 0.150. The van der Waals surface area contributed by atoms with Crippen LogP contribution < -0.4 is 0 Å². The highest BCUT2D eigenvalue weighted by molar-refractivity contribution is 7.98. The number of carbonyl (C=O) groups is 1. The highest BCUT2D eigenvalue weighted by atomic mass is 35.5. The van der Waals surface area contributed by atoms with Crippen molar-refractivity contribution in [1.29, 1.82) is 0 Å². The minimum Gasteiger partial charge on any atom is -0.478 e. The molecule has 2 aromatic heterocycles. The fraction of sp³-hybridized carbons (Fsp3) is 0.385. The van der Waals surface area contributed by atoms with Crippen molar-refractivity contribution >= 4 is 29.3 Å². The third kappa shape index (κ3) is 3.36. The Morgan fingerprint density at radius 3 is 2.71 bits per heavy atom. The summed E-state index contributed by atoms with van der Waals surface area (Å²) in [6.07, 6.45) is 2.22. The average molecular weight is 327 g/mol. The maximum atomic E-state index is 11.4. The molecule has 0 aliphatic carbocycles. The van der Waals surface area contributed by atoms with Crippen LogP contribution in [0.25, 0.3) is 0 Å². The van der Waals surface area contributed by atoms with E-state index in [0.717, 1.165) is 5.82 Å². The summed E-state index contributed by atoms with van der Waals surface area (Å²) >= 11 is 7.26. The van der Waals surface area contributed by atoms with Gasteiger partial charge in [0.2, 0.25) is 0 Å². The van der Waals surface area contributed by atoms with Crippen molar-refractivity contribution in [3.63, 3.8) is 0 Å². The zero-order chi connectivity index (χ0) is 15.6. The van der Waals surface area contributed by atoms with Gasteiger partial charge in [-0.1, -0.05) is 30.3 Å². The Morgan fingerprint density at radius 1 is 1.48 bits per heavy atom. The maximum Gasteiger partial charge on any atom is 0.340 e. The van der Waals surface area contributed by atoms with Crippen LogP contribution in [0.4, 0.5) is 0 Å². The fourth-order valence-corrected chi connectivity index (χ4v) is 3.03. The summed E-state index contributed by atoms with van der Waals surface area (Å²) in [5.74, 6) is 0.868. The number of carboxylic acids is 1. The molecule has 0 fully saturated rings. The van der Waals surface area contributed by atoms with Crippen LogP contribution in [0.3, 0.4) is 0 Å². The lowest BCUT2D eigenvalue weighted by Gasteiger charge is -2.09. The van der Waals surface area contributed by atoms with Gasteiger partial charge in [-0.15, -0.1) is 0 Å². The molecule has 0 atom stereocenters. The van der Waals surface area contributed by atoms with Gasteiger partial charge in [-0.05, 0) is 6.92 Å². The van der Waals surface area contributed by atoms with Gasteiger partial charge < -0.3 is 9.67 Å². The number of halogens is 1. The number of nitrogens with zero attached hydrogens (tertiary/aromatic N) is 4. The molecule has 0 amide bonds. The molecule has 21 heavy (non-hydrogen) atoms. The van der Waals surface area contributed by atoms with Gasteiger partial charge in [0.25, 0.3) is 0 Å². The van der Waals surface area contributed by atoms with Crippen LogP contribution in [-0.2, 0) is 19.2 Å². The van der Waals surface area contributed by atoms with Crippen molar-refractivity contribution in [2.45, 2.75) is 31.0 Å². The van der Waals surface area contributed by atoms with E-state index in [1.807, 2.05) is 14.0 Å². The molecule has 0 unspecified atom stereocenters. The normalized spacial score (nSPS) is 10.9. The van der Waals surface area contributed by atoms with Crippen LogP contribution in [0.1, 0.15) is 34.6 Å². The van der Waals surface area contributed by atoms with Crippen LogP contribution in [-0.4, -0.2) is 30.6 Å². The first-order chi connectivity index (χ1) is 9.93. The average Bonchev–Trinajstić information content (AvgIpc) is 2.75. The van der Waals surface area contributed by atoms with Crippen molar-refractivity contribution in [2.24, 2.45) is 7.05 Å². The van der Waals surface area contributed by atoms with Crippen LogP contribution in [0, 0.1) is 6.92 Å². The highest BCUT2D eigenvalue weighted by Crippen LogP contribution is 2.26. The summed E-state index contributed by atoms with van der Waals surface area (Å²) < 4.78 is 1.75. The zero-order valence-corrected chi connectivity index (χ0v) is 13.5. The van der Waals surface area contributed by atoms with Crippen molar-refractivity contribution in [3.8, 4) is 0 Å². The third-order valence-electron chi connectivity index (χ3n) is 3.00. The van der Waals surface area contributed by atoms with E-state index in [2.05, 4.69) is 15.0 Å². The van der Waals surface area contributed by atoms with Crippen molar-refractivity contribution in [3.05, 3.63) is 34.3 Å². The Kier molecular flexibility index (Phi) is 4.84. The lowest BCUT2D eigenvalue weighted by Crippen LogP contribution is -2.09. The minimum atomic E-state index is -1.02. The second-order valence-corrected chi connectivity index (χ2v) is 5.76. The monoisotopic (exact) mass is 326 g/mol. The molecule has 2 heterocycles. The van der Waals surface area contributed by atoms with E-state index >= 15 is 0 Å². The largest absolute Gasteiger partial charge is 0.478 e. The Bertz CT molecular complexity index is 687. The van der Waals surface area contributed by atoms with Crippen LogP contribution >= 0.6 is 23.4 Å². The van der Waals surface area contributed by atoms with Gasteiger partial charge in [0, 0.05) is 13.5 Å². The summed E-state index contributed by atoms with van der Waals surface area (Å²) in [4.78, 5) is 24.1. The van der Waals surface area contributed by atoms with E-state index in [1.165, 1.54) is 11.8 Å². The van der Waals surface area contributed by atoms with Crippen LogP contribution in [0.15, 0.2) is 11.2 Å². The zero-order valence-electron chi connectivity index (χ0n) is 11.9. The first-order valence-corrected chi connectivity index (χ1v) is 7.70. The first-order valence-electron chi connectivity index (χ1n) is 6.33. The molecule has 8 heteroatoms. The Balaban J connectivity index is 2.32. The molecule has 1 N–H and O–H groups in total. The Labute approximate surface area is 131 Å². The Hall–Kier alpha value is -1.60. The molecule has 0 aromatic carbocycles. The van der Waals surface area contributed by atoms with Crippen molar-refractivity contribution in [1.82, 2.24) is 19.5 Å². The standard InChI is InChI=1S/C13H15ClN4O2S/c1-4-9-16-7(2)11(13(19)20)12(17-9)21-6-10-15-5-8(14)18(10)3/h5H,4,6H2,1-3H3,(H,19,20). The molecule has 2 rings (SSSR count). The number of aromatic carboxylic acids is 1. The van der Waals surface area contributed by atoms with Gasteiger partial charge in [0.15, 0.2) is 0 Å². The number of aromatic nitrogens is 4. The highest BCUT2D eigenvalue weighted by Gasteiger charge is 2.18. The summed E-state index contributed by atoms with van der Waals surface area (Å²) in [5, 5.41) is 10.3. The molecular weight excluding hydrogens is 312 g/mol. The van der Waals surface area contributed by atoms with Gasteiger partial charge in [-0.25, -0.2) is 19.7 Å².